The Labute approximate surface area is 111 Å². The second-order valence-corrected chi connectivity index (χ2v) is 4.56. The van der Waals surface area contributed by atoms with Crippen LogP contribution in [-0.4, -0.2) is 32.0 Å². The summed E-state index contributed by atoms with van der Waals surface area (Å²) in [5.74, 6) is 0.253. The molecular weight excluding hydrogens is 246 g/mol. The molecule has 0 spiro atoms. The van der Waals surface area contributed by atoms with Gasteiger partial charge in [-0.05, 0) is 37.2 Å². The number of carbonyl (C=O) groups excluding carboxylic acids is 2. The smallest absolute Gasteiger partial charge is 0.248 e. The van der Waals surface area contributed by atoms with Gasteiger partial charge in [-0.3, -0.25) is 9.59 Å². The molecule has 2 amide bonds. The van der Waals surface area contributed by atoms with E-state index in [0.29, 0.717) is 29.3 Å². The van der Waals surface area contributed by atoms with Crippen molar-refractivity contribution in [2.75, 3.05) is 25.5 Å². The van der Waals surface area contributed by atoms with Crippen LogP contribution >= 0.6 is 0 Å². The molecule has 1 aromatic rings. The molecule has 0 bridgehead atoms. The van der Waals surface area contributed by atoms with Crippen LogP contribution in [0.3, 0.4) is 0 Å². The minimum Gasteiger partial charge on any atom is -0.495 e. The van der Waals surface area contributed by atoms with Crippen molar-refractivity contribution >= 4 is 17.5 Å². The molecule has 2 rings (SSSR count). The second kappa shape index (κ2) is 5.71. The summed E-state index contributed by atoms with van der Waals surface area (Å²) >= 11 is 0. The Morgan fingerprint density at radius 3 is 2.74 bits per heavy atom. The lowest BCUT2D eigenvalue weighted by atomic mass is 9.99. The number of methoxy groups -OCH3 is 1. The van der Waals surface area contributed by atoms with Crippen molar-refractivity contribution in [1.29, 1.82) is 0 Å². The topological polar surface area (TPSA) is 93.4 Å². The molecule has 1 aliphatic heterocycles. The summed E-state index contributed by atoms with van der Waals surface area (Å²) < 4.78 is 5.15. The fourth-order valence-corrected chi connectivity index (χ4v) is 1.92. The number of nitrogens with one attached hydrogen (secondary N) is 2. The fraction of sp³-hybridized carbons (Fsp3) is 0.385. The van der Waals surface area contributed by atoms with E-state index in [1.165, 1.54) is 13.2 Å². The molecule has 19 heavy (non-hydrogen) atoms. The summed E-state index contributed by atoms with van der Waals surface area (Å²) in [7, 11) is 1.50. The van der Waals surface area contributed by atoms with Crippen LogP contribution in [0, 0.1) is 5.92 Å². The zero-order valence-corrected chi connectivity index (χ0v) is 10.7. The van der Waals surface area contributed by atoms with Gasteiger partial charge in [0.25, 0.3) is 0 Å². The summed E-state index contributed by atoms with van der Waals surface area (Å²) in [6.45, 7) is 1.73. The molecule has 6 nitrogen and oxygen atoms in total. The quantitative estimate of drug-likeness (QED) is 0.714. The lowest BCUT2D eigenvalue weighted by Crippen LogP contribution is -2.43. The normalized spacial score (nSPS) is 14.6. The van der Waals surface area contributed by atoms with Crippen molar-refractivity contribution in [3.05, 3.63) is 23.8 Å². The highest BCUT2D eigenvalue weighted by Gasteiger charge is 2.20. The zero-order valence-electron chi connectivity index (χ0n) is 10.7. The molecule has 102 valence electrons. The number of primary amides is 1. The summed E-state index contributed by atoms with van der Waals surface area (Å²) in [5.41, 5.74) is 6.02. The van der Waals surface area contributed by atoms with Gasteiger partial charge in [0, 0.05) is 12.0 Å². The van der Waals surface area contributed by atoms with Crippen LogP contribution in [-0.2, 0) is 4.79 Å². The predicted octanol–water partition coefficient (Wildman–Crippen LogP) is 0.342. The molecule has 0 radical (unpaired) electrons. The van der Waals surface area contributed by atoms with Crippen LogP contribution in [0.4, 0.5) is 5.69 Å². The molecule has 1 heterocycles. The van der Waals surface area contributed by atoms with Gasteiger partial charge in [-0.1, -0.05) is 0 Å². The van der Waals surface area contributed by atoms with Crippen LogP contribution in [0.5, 0.6) is 5.75 Å². The maximum atomic E-state index is 11.9. The monoisotopic (exact) mass is 263 g/mol. The number of hydrogen-bond donors (Lipinski definition) is 3. The molecule has 0 saturated carbocycles. The molecule has 0 atom stereocenters. The second-order valence-electron chi connectivity index (χ2n) is 4.56. The van der Waals surface area contributed by atoms with E-state index in [1.54, 1.807) is 12.1 Å². The maximum absolute atomic E-state index is 11.9. The van der Waals surface area contributed by atoms with E-state index in [1.807, 2.05) is 0 Å². The van der Waals surface area contributed by atoms with Gasteiger partial charge in [0.05, 0.1) is 12.8 Å². The Bertz CT molecular complexity index is 498. The number of amides is 2. The van der Waals surface area contributed by atoms with Gasteiger partial charge >= 0.3 is 0 Å². The highest BCUT2D eigenvalue weighted by Crippen LogP contribution is 2.26. The Balaban J connectivity index is 2.09. The Hall–Kier alpha value is -2.08. The summed E-state index contributed by atoms with van der Waals surface area (Å²) in [5, 5.41) is 5.87. The van der Waals surface area contributed by atoms with Crippen LogP contribution in [0.1, 0.15) is 16.8 Å². The van der Waals surface area contributed by atoms with Crippen LogP contribution in [0.2, 0.25) is 0 Å². The third kappa shape index (κ3) is 3.23. The first-order valence-electron chi connectivity index (χ1n) is 6.08. The van der Waals surface area contributed by atoms with Gasteiger partial charge in [-0.25, -0.2) is 0 Å². The Kier molecular flexibility index (Phi) is 4.01. The third-order valence-corrected chi connectivity index (χ3v) is 3.10. The number of carbonyl (C=O) groups is 2. The van der Waals surface area contributed by atoms with E-state index < -0.39 is 5.91 Å². The number of hydrogen-bond acceptors (Lipinski definition) is 4. The number of benzene rings is 1. The van der Waals surface area contributed by atoms with Crippen molar-refractivity contribution in [1.82, 2.24) is 5.32 Å². The van der Waals surface area contributed by atoms with Gasteiger partial charge in [0.2, 0.25) is 11.8 Å². The lowest BCUT2D eigenvalue weighted by Gasteiger charge is -2.26. The minimum atomic E-state index is -0.540. The first kappa shape index (κ1) is 13.4. The fourth-order valence-electron chi connectivity index (χ4n) is 1.92. The summed E-state index contributed by atoms with van der Waals surface area (Å²) in [4.78, 5) is 23.0. The Morgan fingerprint density at radius 1 is 1.47 bits per heavy atom. The number of ether oxygens (including phenoxy) is 1. The summed E-state index contributed by atoms with van der Waals surface area (Å²) in [6, 6.07) is 4.70. The van der Waals surface area contributed by atoms with Crippen LogP contribution in [0.15, 0.2) is 18.2 Å². The molecule has 1 fully saturated rings. The van der Waals surface area contributed by atoms with Crippen LogP contribution < -0.4 is 21.1 Å². The van der Waals surface area contributed by atoms with Gasteiger partial charge in [0.1, 0.15) is 5.75 Å². The average Bonchev–Trinajstić information content (AvgIpc) is 2.33. The molecule has 1 aliphatic rings. The first-order chi connectivity index (χ1) is 9.10. The van der Waals surface area contributed by atoms with E-state index in [9.17, 15) is 9.59 Å². The van der Waals surface area contributed by atoms with E-state index in [-0.39, 0.29) is 5.91 Å². The molecule has 4 N–H and O–H groups in total. The molecule has 0 aromatic heterocycles. The number of anilines is 1. The minimum absolute atomic E-state index is 0.0913. The SMILES string of the molecule is COc1ccc(C(N)=O)cc1NC(=O)CC1CNC1. The van der Waals surface area contributed by atoms with Crippen molar-refractivity contribution in [2.24, 2.45) is 11.7 Å². The lowest BCUT2D eigenvalue weighted by molar-refractivity contribution is -0.117. The van der Waals surface area contributed by atoms with Crippen molar-refractivity contribution in [3.63, 3.8) is 0 Å². The van der Waals surface area contributed by atoms with Gasteiger partial charge in [-0.2, -0.15) is 0 Å². The number of rotatable bonds is 5. The van der Waals surface area contributed by atoms with Crippen molar-refractivity contribution in [2.45, 2.75) is 6.42 Å². The van der Waals surface area contributed by atoms with E-state index in [4.69, 9.17) is 10.5 Å². The molecule has 1 aromatic carbocycles. The van der Waals surface area contributed by atoms with Crippen molar-refractivity contribution < 1.29 is 14.3 Å². The predicted molar refractivity (Wildman–Crippen MR) is 71.1 cm³/mol. The zero-order chi connectivity index (χ0) is 13.8. The molecule has 0 unspecified atom stereocenters. The van der Waals surface area contributed by atoms with E-state index >= 15 is 0 Å². The largest absolute Gasteiger partial charge is 0.495 e. The molecule has 1 saturated heterocycles. The van der Waals surface area contributed by atoms with Gasteiger partial charge < -0.3 is 21.1 Å². The highest BCUT2D eigenvalue weighted by molar-refractivity contribution is 5.97. The van der Waals surface area contributed by atoms with Gasteiger partial charge in [-0.15, -0.1) is 0 Å². The maximum Gasteiger partial charge on any atom is 0.248 e. The average molecular weight is 263 g/mol. The third-order valence-electron chi connectivity index (χ3n) is 3.10. The molecule has 0 aliphatic carbocycles. The molecular formula is C13H17N3O3. The highest BCUT2D eigenvalue weighted by atomic mass is 16.5. The molecule has 6 heteroatoms. The Morgan fingerprint density at radius 2 is 2.21 bits per heavy atom. The van der Waals surface area contributed by atoms with Crippen LogP contribution in [0.25, 0.3) is 0 Å². The number of nitrogens with two attached hydrogens (primary N) is 1. The first-order valence-corrected chi connectivity index (χ1v) is 6.08. The standard InChI is InChI=1S/C13H17N3O3/c1-19-11-3-2-9(13(14)18)5-10(11)16-12(17)4-8-6-15-7-8/h2-3,5,8,15H,4,6-7H2,1H3,(H2,14,18)(H,16,17). The van der Waals surface area contributed by atoms with Gasteiger partial charge in [0.15, 0.2) is 0 Å². The van der Waals surface area contributed by atoms with E-state index in [2.05, 4.69) is 10.6 Å². The van der Waals surface area contributed by atoms with E-state index in [0.717, 1.165) is 13.1 Å². The summed E-state index contributed by atoms with van der Waals surface area (Å²) in [6.07, 6.45) is 0.455. The van der Waals surface area contributed by atoms with Crippen molar-refractivity contribution in [3.8, 4) is 5.75 Å².